The number of benzene rings is 1. The minimum Gasteiger partial charge on any atom is -0.511 e. The number of carbonyl (C=O) groups is 1. The van der Waals surface area contributed by atoms with Crippen LogP contribution in [0.2, 0.25) is 0 Å². The number of aryl methyl sites for hydroxylation is 4. The molecule has 3 aliphatic rings. The molecule has 2 aromatic rings. The Morgan fingerprint density at radius 1 is 1.00 bits per heavy atom. The molecule has 0 radical (unpaired) electrons. The number of Topliss-reactive ketones (excluding diaryl/α,β-unsaturated/α-hetero) is 1. The quantitative estimate of drug-likeness (QED) is 0.806. The second-order valence-electron chi connectivity index (χ2n) is 8.06. The monoisotopic (exact) mass is 378 g/mol. The molecular formula is C23H22O3S. The minimum atomic E-state index is -0.298. The molecule has 0 saturated carbocycles. The van der Waals surface area contributed by atoms with Gasteiger partial charge in [0.1, 0.15) is 5.76 Å². The zero-order valence-electron chi connectivity index (χ0n) is 15.9. The van der Waals surface area contributed by atoms with E-state index in [2.05, 4.69) is 42.8 Å². The Kier molecular flexibility index (Phi) is 3.56. The van der Waals surface area contributed by atoms with Crippen molar-refractivity contribution >= 4 is 28.3 Å². The largest absolute Gasteiger partial charge is 0.511 e. The molecule has 1 aliphatic carbocycles. The van der Waals surface area contributed by atoms with Crippen molar-refractivity contribution in [2.75, 3.05) is 0 Å². The highest BCUT2D eigenvalue weighted by Gasteiger charge is 2.59. The molecule has 1 fully saturated rings. The summed E-state index contributed by atoms with van der Waals surface area (Å²) >= 11 is 1.67. The van der Waals surface area contributed by atoms with Crippen LogP contribution in [-0.4, -0.2) is 23.1 Å². The van der Waals surface area contributed by atoms with E-state index in [1.807, 2.05) is 13.8 Å². The Hall–Kier alpha value is -2.17. The molecule has 1 aromatic carbocycles. The number of carbonyl (C=O) groups excluding carboxylic acids is 1. The maximum absolute atomic E-state index is 13.3. The van der Waals surface area contributed by atoms with Crippen molar-refractivity contribution in [2.24, 2.45) is 11.8 Å². The topological polar surface area (TPSA) is 46.5 Å². The normalized spacial score (nSPS) is 28.9. The van der Waals surface area contributed by atoms with Crippen molar-refractivity contribution in [2.45, 2.75) is 39.9 Å². The summed E-state index contributed by atoms with van der Waals surface area (Å²) in [5, 5.41) is 15.4. The molecule has 2 bridgehead atoms. The van der Waals surface area contributed by atoms with Gasteiger partial charge in [0, 0.05) is 0 Å². The van der Waals surface area contributed by atoms with Crippen molar-refractivity contribution in [3.8, 4) is 0 Å². The maximum atomic E-state index is 13.3. The van der Waals surface area contributed by atoms with Gasteiger partial charge in [-0.25, -0.2) is 0 Å². The van der Waals surface area contributed by atoms with Crippen molar-refractivity contribution in [1.82, 2.24) is 0 Å². The summed E-state index contributed by atoms with van der Waals surface area (Å²) in [6.07, 6.45) is 1.62. The average molecular weight is 378 g/mol. The number of hydrogen-bond donors (Lipinski definition) is 1. The van der Waals surface area contributed by atoms with Crippen LogP contribution in [0.15, 0.2) is 34.7 Å². The van der Waals surface area contributed by atoms with E-state index in [1.165, 1.54) is 16.7 Å². The summed E-state index contributed by atoms with van der Waals surface area (Å²) in [6.45, 7) is 8.17. The Balaban J connectivity index is 1.62. The van der Waals surface area contributed by atoms with Crippen LogP contribution < -0.4 is 0 Å². The summed E-state index contributed by atoms with van der Waals surface area (Å²) in [5.74, 6) is -0.326. The molecule has 27 heavy (non-hydrogen) atoms. The first-order chi connectivity index (χ1) is 12.9. The Bertz CT molecular complexity index is 1030. The average Bonchev–Trinajstić information content (AvgIpc) is 3.33. The Labute approximate surface area is 163 Å². The smallest absolute Gasteiger partial charge is 0.173 e. The van der Waals surface area contributed by atoms with Gasteiger partial charge in [0.15, 0.2) is 5.78 Å². The summed E-state index contributed by atoms with van der Waals surface area (Å²) in [5.41, 5.74) is 8.17. The number of ketones is 1. The number of aliphatic hydroxyl groups is 1. The van der Waals surface area contributed by atoms with Crippen LogP contribution in [0.5, 0.6) is 0 Å². The fraction of sp³-hybridized carbons (Fsp3) is 0.348. The third kappa shape index (κ3) is 2.20. The zero-order chi connectivity index (χ0) is 19.0. The van der Waals surface area contributed by atoms with E-state index >= 15 is 0 Å². The molecule has 1 aromatic heterocycles. The molecule has 0 amide bonds. The van der Waals surface area contributed by atoms with Crippen LogP contribution >= 0.6 is 11.3 Å². The van der Waals surface area contributed by atoms with E-state index in [4.69, 9.17) is 4.74 Å². The van der Waals surface area contributed by atoms with Gasteiger partial charge in [-0.3, -0.25) is 4.79 Å². The van der Waals surface area contributed by atoms with E-state index in [9.17, 15) is 9.90 Å². The number of aliphatic hydroxyl groups excluding tert-OH is 1. The number of hydrogen-bond acceptors (Lipinski definition) is 4. The maximum Gasteiger partial charge on any atom is 0.173 e. The highest BCUT2D eigenvalue weighted by Crippen LogP contribution is 2.56. The molecule has 3 nitrogen and oxygen atoms in total. The lowest BCUT2D eigenvalue weighted by molar-refractivity contribution is -0.118. The number of thiophene rings is 1. The molecule has 138 valence electrons. The van der Waals surface area contributed by atoms with E-state index in [0.717, 1.165) is 22.3 Å². The molecule has 4 atom stereocenters. The van der Waals surface area contributed by atoms with Crippen LogP contribution in [-0.2, 0) is 9.53 Å². The first kappa shape index (κ1) is 17.0. The number of rotatable bonds is 2. The van der Waals surface area contributed by atoms with Gasteiger partial charge in [0.25, 0.3) is 0 Å². The molecule has 2 aliphatic heterocycles. The predicted octanol–water partition coefficient (Wildman–Crippen LogP) is 4.93. The van der Waals surface area contributed by atoms with E-state index in [0.29, 0.717) is 5.57 Å². The molecule has 1 saturated heterocycles. The van der Waals surface area contributed by atoms with Crippen LogP contribution in [0.4, 0.5) is 0 Å². The zero-order valence-corrected chi connectivity index (χ0v) is 16.7. The van der Waals surface area contributed by atoms with Crippen molar-refractivity contribution < 1.29 is 14.6 Å². The van der Waals surface area contributed by atoms with Crippen molar-refractivity contribution in [1.29, 1.82) is 0 Å². The summed E-state index contributed by atoms with van der Waals surface area (Å²) < 4.78 is 6.13. The second-order valence-corrected chi connectivity index (χ2v) is 8.81. The van der Waals surface area contributed by atoms with Crippen LogP contribution in [0, 0.1) is 39.5 Å². The number of allylic oxidation sites excluding steroid dienone is 1. The number of fused-ring (bicyclic) bond motifs is 5. The van der Waals surface area contributed by atoms with Gasteiger partial charge in [-0.1, -0.05) is 17.7 Å². The first-order valence-corrected chi connectivity index (χ1v) is 10.3. The lowest BCUT2D eigenvalue weighted by atomic mass is 9.78. The lowest BCUT2D eigenvalue weighted by Gasteiger charge is -2.21. The summed E-state index contributed by atoms with van der Waals surface area (Å²) in [7, 11) is 0. The van der Waals surface area contributed by atoms with Gasteiger partial charge in [0.05, 0.1) is 29.6 Å². The molecule has 5 rings (SSSR count). The third-order valence-corrected chi connectivity index (χ3v) is 7.10. The fourth-order valence-electron chi connectivity index (χ4n) is 5.22. The number of ether oxygens (including phenoxy) is 1. The fourth-order valence-corrected chi connectivity index (χ4v) is 6.08. The van der Waals surface area contributed by atoms with E-state index in [-0.39, 0.29) is 35.6 Å². The molecule has 2 unspecified atom stereocenters. The SMILES string of the molecule is Cc1cc(C)c(C2=C(O)[C@@H]3C4OC(C=C4c4cscc4C)[C@@H]3C2=O)c(C)c1. The molecule has 4 heteroatoms. The standard InChI is InChI=1S/C23H22O3S/c1-10-5-11(2)17(12(3)6-10)19-21(24)18-16-7-14(15-9-27-8-13(15)4)23(26-16)20(18)22(19)25/h5-9,16,18,20,23,25H,1-4H3/t16?,18-,20+,23?/m0/s1. The molecule has 1 N–H and O–H groups in total. The Morgan fingerprint density at radius 2 is 1.70 bits per heavy atom. The van der Waals surface area contributed by atoms with Gasteiger partial charge in [-0.2, -0.15) is 11.3 Å². The Morgan fingerprint density at radius 3 is 2.33 bits per heavy atom. The third-order valence-electron chi connectivity index (χ3n) is 6.24. The van der Waals surface area contributed by atoms with E-state index in [1.54, 1.807) is 11.3 Å². The van der Waals surface area contributed by atoms with Gasteiger partial charge in [-0.05, 0) is 77.9 Å². The van der Waals surface area contributed by atoms with Crippen LogP contribution in [0.25, 0.3) is 11.1 Å². The summed E-state index contributed by atoms with van der Waals surface area (Å²) in [4.78, 5) is 13.3. The lowest BCUT2D eigenvalue weighted by Crippen LogP contribution is -2.28. The van der Waals surface area contributed by atoms with Gasteiger partial charge in [-0.15, -0.1) is 0 Å². The van der Waals surface area contributed by atoms with Crippen LogP contribution in [0.1, 0.15) is 33.4 Å². The highest BCUT2D eigenvalue weighted by molar-refractivity contribution is 7.08. The van der Waals surface area contributed by atoms with Gasteiger partial charge < -0.3 is 9.84 Å². The van der Waals surface area contributed by atoms with Crippen molar-refractivity contribution in [3.63, 3.8) is 0 Å². The minimum absolute atomic E-state index is 0.0254. The molecule has 0 spiro atoms. The first-order valence-electron chi connectivity index (χ1n) is 9.34. The van der Waals surface area contributed by atoms with Gasteiger partial charge >= 0.3 is 0 Å². The second kappa shape index (κ2) is 5.66. The van der Waals surface area contributed by atoms with Crippen LogP contribution in [0.3, 0.4) is 0 Å². The van der Waals surface area contributed by atoms with Gasteiger partial charge in [0.2, 0.25) is 0 Å². The molecular weight excluding hydrogens is 356 g/mol. The van der Waals surface area contributed by atoms with E-state index < -0.39 is 0 Å². The summed E-state index contributed by atoms with van der Waals surface area (Å²) in [6, 6.07) is 4.15. The predicted molar refractivity (Wildman–Crippen MR) is 108 cm³/mol. The highest BCUT2D eigenvalue weighted by atomic mass is 32.1. The molecule has 3 heterocycles. The van der Waals surface area contributed by atoms with Crippen molar-refractivity contribution in [3.05, 3.63) is 68.1 Å².